The fourth-order valence-electron chi connectivity index (χ4n) is 3.13. The van der Waals surface area contributed by atoms with Gasteiger partial charge in [0.2, 0.25) is 0 Å². The van der Waals surface area contributed by atoms with E-state index in [1.807, 2.05) is 17.5 Å². The Bertz CT molecular complexity index is 934. The summed E-state index contributed by atoms with van der Waals surface area (Å²) in [5.74, 6) is -6.17. The van der Waals surface area contributed by atoms with Crippen LogP contribution in [0.1, 0.15) is 10.9 Å². The third-order valence-corrected chi connectivity index (χ3v) is 7.13. The van der Waals surface area contributed by atoms with Gasteiger partial charge >= 0.3 is 17.4 Å². The molecular formula is C20H20F7N3OS3. The van der Waals surface area contributed by atoms with Crippen LogP contribution in [0, 0.1) is 0 Å². The lowest BCUT2D eigenvalue weighted by Gasteiger charge is -2.34. The van der Waals surface area contributed by atoms with Crippen molar-refractivity contribution in [1.82, 2.24) is 10.2 Å². The topological polar surface area (TPSA) is 36.5 Å². The largest absolute Gasteiger partial charge is 0.460 e. The Morgan fingerprint density at radius 1 is 1.06 bits per heavy atom. The van der Waals surface area contributed by atoms with Crippen LogP contribution < -0.4 is 10.6 Å². The van der Waals surface area contributed by atoms with Crippen LogP contribution in [0.15, 0.2) is 46.7 Å². The monoisotopic (exact) mass is 547 g/mol. The SMILES string of the molecule is FC(F)(F)C(F)(F)C(F)(F)Sc1ccc(NC(=S)NC[C@@H](c2cccs2)N2CCOCC2)cc1. The van der Waals surface area contributed by atoms with E-state index in [4.69, 9.17) is 17.0 Å². The van der Waals surface area contributed by atoms with E-state index in [0.29, 0.717) is 25.4 Å². The lowest BCUT2D eigenvalue weighted by atomic mass is 10.2. The van der Waals surface area contributed by atoms with Crippen molar-refractivity contribution in [2.24, 2.45) is 0 Å². The average molecular weight is 548 g/mol. The minimum atomic E-state index is -6.37. The van der Waals surface area contributed by atoms with E-state index in [2.05, 4.69) is 15.5 Å². The first-order valence-corrected chi connectivity index (χ1v) is 12.0. The van der Waals surface area contributed by atoms with Gasteiger partial charge in [-0.05, 0) is 59.7 Å². The van der Waals surface area contributed by atoms with Gasteiger partial charge in [0, 0.05) is 35.1 Å². The summed E-state index contributed by atoms with van der Waals surface area (Å²) in [5, 5.41) is 2.80. The maximum absolute atomic E-state index is 13.6. The van der Waals surface area contributed by atoms with Crippen molar-refractivity contribution in [3.8, 4) is 0 Å². The van der Waals surface area contributed by atoms with Gasteiger partial charge in [0.25, 0.3) is 0 Å². The molecule has 0 spiro atoms. The summed E-state index contributed by atoms with van der Waals surface area (Å²) in [6.45, 7) is 3.27. The minimum absolute atomic E-state index is 0.0555. The van der Waals surface area contributed by atoms with Gasteiger partial charge in [0.1, 0.15) is 0 Å². The third-order valence-electron chi connectivity index (χ3n) is 4.89. The molecule has 2 aromatic rings. The van der Waals surface area contributed by atoms with Crippen LogP contribution in [0.5, 0.6) is 0 Å². The molecule has 0 saturated carbocycles. The van der Waals surface area contributed by atoms with Crippen LogP contribution in [-0.4, -0.2) is 60.2 Å². The number of hydrogen-bond donors (Lipinski definition) is 2. The van der Waals surface area contributed by atoms with E-state index in [0.717, 1.165) is 30.1 Å². The van der Waals surface area contributed by atoms with Crippen LogP contribution in [0.25, 0.3) is 0 Å². The molecule has 34 heavy (non-hydrogen) atoms. The fourth-order valence-corrected chi connectivity index (χ4v) is 5.00. The Hall–Kier alpha value is -1.61. The number of nitrogens with zero attached hydrogens (tertiary/aromatic N) is 1. The first-order valence-electron chi connectivity index (χ1n) is 9.92. The summed E-state index contributed by atoms with van der Waals surface area (Å²) in [5.41, 5.74) is 0.354. The molecule has 0 bridgehead atoms. The number of ether oxygens (including phenoxy) is 1. The van der Waals surface area contributed by atoms with Gasteiger partial charge in [-0.1, -0.05) is 6.07 Å². The number of thioether (sulfide) groups is 1. The Labute approximate surface area is 204 Å². The molecule has 2 heterocycles. The van der Waals surface area contributed by atoms with Crippen LogP contribution >= 0.6 is 35.3 Å². The maximum atomic E-state index is 13.6. The summed E-state index contributed by atoms with van der Waals surface area (Å²) < 4.78 is 95.6. The molecule has 14 heteroatoms. The van der Waals surface area contributed by atoms with Crippen LogP contribution in [0.3, 0.4) is 0 Å². The predicted molar refractivity (Wildman–Crippen MR) is 122 cm³/mol. The highest BCUT2D eigenvalue weighted by Crippen LogP contribution is 2.53. The molecule has 0 unspecified atom stereocenters. The van der Waals surface area contributed by atoms with Crippen molar-refractivity contribution in [3.05, 3.63) is 46.7 Å². The van der Waals surface area contributed by atoms with E-state index in [9.17, 15) is 30.7 Å². The maximum Gasteiger partial charge on any atom is 0.460 e. The van der Waals surface area contributed by atoms with Crippen molar-refractivity contribution in [2.75, 3.05) is 38.2 Å². The van der Waals surface area contributed by atoms with E-state index in [-0.39, 0.29) is 11.2 Å². The quantitative estimate of drug-likeness (QED) is 0.240. The van der Waals surface area contributed by atoms with E-state index in [1.165, 1.54) is 12.1 Å². The van der Waals surface area contributed by atoms with Crippen molar-refractivity contribution in [3.63, 3.8) is 0 Å². The van der Waals surface area contributed by atoms with Crippen LogP contribution in [0.4, 0.5) is 36.4 Å². The summed E-state index contributed by atoms with van der Waals surface area (Å²) in [6, 6.07) is 8.58. The lowest BCUT2D eigenvalue weighted by molar-refractivity contribution is -0.330. The average Bonchev–Trinajstić information content (AvgIpc) is 3.29. The van der Waals surface area contributed by atoms with Crippen molar-refractivity contribution in [2.45, 2.75) is 28.3 Å². The first-order chi connectivity index (χ1) is 15.9. The van der Waals surface area contributed by atoms with Gasteiger partial charge in [-0.2, -0.15) is 30.7 Å². The zero-order valence-electron chi connectivity index (χ0n) is 17.4. The number of alkyl halides is 7. The highest BCUT2D eigenvalue weighted by atomic mass is 32.2. The number of rotatable bonds is 8. The molecule has 0 amide bonds. The van der Waals surface area contributed by atoms with Crippen LogP contribution in [0.2, 0.25) is 0 Å². The van der Waals surface area contributed by atoms with Gasteiger partial charge in [-0.3, -0.25) is 4.90 Å². The zero-order chi connectivity index (χ0) is 25.0. The Kier molecular flexibility index (Phi) is 8.71. The smallest absolute Gasteiger partial charge is 0.379 e. The molecule has 188 valence electrons. The van der Waals surface area contributed by atoms with Crippen molar-refractivity contribution in [1.29, 1.82) is 0 Å². The summed E-state index contributed by atoms with van der Waals surface area (Å²) >= 11 is 6.04. The van der Waals surface area contributed by atoms with Crippen molar-refractivity contribution < 1.29 is 35.5 Å². The Morgan fingerprint density at radius 3 is 2.26 bits per heavy atom. The van der Waals surface area contributed by atoms with Crippen LogP contribution in [-0.2, 0) is 4.74 Å². The molecular weight excluding hydrogens is 527 g/mol. The van der Waals surface area contributed by atoms with E-state index in [1.54, 1.807) is 11.3 Å². The molecule has 0 radical (unpaired) electrons. The molecule has 2 N–H and O–H groups in total. The highest BCUT2D eigenvalue weighted by Gasteiger charge is 2.73. The van der Waals surface area contributed by atoms with E-state index >= 15 is 0 Å². The van der Waals surface area contributed by atoms with Gasteiger partial charge in [0.15, 0.2) is 5.11 Å². The van der Waals surface area contributed by atoms with Gasteiger partial charge in [-0.15, -0.1) is 11.3 Å². The third kappa shape index (κ3) is 6.53. The molecule has 1 aromatic carbocycles. The molecule has 4 nitrogen and oxygen atoms in total. The normalized spacial score (nSPS) is 16.8. The lowest BCUT2D eigenvalue weighted by Crippen LogP contribution is -2.49. The number of benzene rings is 1. The second-order valence-electron chi connectivity index (χ2n) is 7.23. The highest BCUT2D eigenvalue weighted by molar-refractivity contribution is 8.00. The second kappa shape index (κ2) is 11.0. The molecule has 1 fully saturated rings. The molecule has 1 aliphatic rings. The molecule has 1 atom stereocenters. The number of thiophene rings is 1. The van der Waals surface area contributed by atoms with E-state index < -0.39 is 34.0 Å². The molecule has 1 saturated heterocycles. The molecule has 3 rings (SSSR count). The predicted octanol–water partition coefficient (Wildman–Crippen LogP) is 5.99. The summed E-state index contributed by atoms with van der Waals surface area (Å²) in [4.78, 5) is 2.96. The summed E-state index contributed by atoms with van der Waals surface area (Å²) in [6.07, 6.45) is -6.37. The van der Waals surface area contributed by atoms with Gasteiger partial charge < -0.3 is 15.4 Å². The number of morpholine rings is 1. The Morgan fingerprint density at radius 2 is 1.71 bits per heavy atom. The minimum Gasteiger partial charge on any atom is -0.379 e. The molecule has 1 aliphatic heterocycles. The fraction of sp³-hybridized carbons (Fsp3) is 0.450. The summed E-state index contributed by atoms with van der Waals surface area (Å²) in [7, 11) is 0. The number of thiocarbonyl (C=S) groups is 1. The number of hydrogen-bond acceptors (Lipinski definition) is 5. The standard InChI is InChI=1S/C20H20F7N3OS3/c21-18(22,19(23,24)25)20(26,27)34-14-5-3-13(4-6-14)29-17(32)28-12-15(16-2-1-11-33-16)30-7-9-31-10-8-30/h1-6,11,15H,7-10,12H2,(H2,28,29,32)/t15-/m0/s1. The second-order valence-corrected chi connectivity index (χ2v) is 9.81. The Balaban J connectivity index is 1.57. The number of anilines is 1. The first kappa shape index (κ1) is 27.0. The number of halogens is 7. The van der Waals surface area contributed by atoms with Crippen molar-refractivity contribution >= 4 is 46.1 Å². The zero-order valence-corrected chi connectivity index (χ0v) is 19.8. The van der Waals surface area contributed by atoms with Gasteiger partial charge in [0.05, 0.1) is 19.3 Å². The van der Waals surface area contributed by atoms with Gasteiger partial charge in [-0.25, -0.2) is 0 Å². The number of nitrogens with one attached hydrogen (secondary N) is 2. The molecule has 1 aromatic heterocycles. The molecule has 0 aliphatic carbocycles.